The molecule has 2 heterocycles. The molecular formula is C30H31ClFN3O4S. The molecule has 0 saturated carbocycles. The number of rotatable bonds is 6. The molecule has 0 aromatic heterocycles. The lowest BCUT2D eigenvalue weighted by Gasteiger charge is -2.35. The molecule has 2 atom stereocenters. The van der Waals surface area contributed by atoms with Crippen molar-refractivity contribution in [3.05, 3.63) is 94.3 Å². The van der Waals surface area contributed by atoms with Crippen LogP contribution in [0, 0.1) is 5.82 Å². The van der Waals surface area contributed by atoms with Gasteiger partial charge in [0.15, 0.2) is 0 Å². The average Bonchev–Trinajstić information content (AvgIpc) is 3.16. The molecule has 210 valence electrons. The van der Waals surface area contributed by atoms with Crippen LogP contribution in [0.3, 0.4) is 0 Å². The Bertz CT molecular complexity index is 1510. The zero-order valence-electron chi connectivity index (χ0n) is 22.1. The van der Waals surface area contributed by atoms with Crippen LogP contribution in [0.25, 0.3) is 0 Å². The van der Waals surface area contributed by atoms with E-state index in [4.69, 9.17) is 11.6 Å². The number of aryl methyl sites for hydroxylation is 1. The molecule has 1 unspecified atom stereocenters. The molecule has 5 rings (SSSR count). The van der Waals surface area contributed by atoms with Crippen molar-refractivity contribution in [1.82, 2.24) is 9.62 Å². The lowest BCUT2D eigenvalue weighted by Crippen LogP contribution is -2.48. The SMILES string of the molecule is CC1CCc2cc(F)ccc2N1C(=O)c1ccc(CN([C@@H]2CCCCNC2=O)S(=O)(=O)c2ccc(Cl)cc2)cc1. The van der Waals surface area contributed by atoms with Crippen molar-refractivity contribution in [1.29, 1.82) is 0 Å². The molecule has 1 saturated heterocycles. The Balaban J connectivity index is 1.43. The van der Waals surface area contributed by atoms with Gasteiger partial charge in [0.05, 0.1) is 4.90 Å². The highest BCUT2D eigenvalue weighted by atomic mass is 35.5. The van der Waals surface area contributed by atoms with Crippen LogP contribution in [0.5, 0.6) is 0 Å². The van der Waals surface area contributed by atoms with Crippen molar-refractivity contribution in [3.8, 4) is 0 Å². The van der Waals surface area contributed by atoms with Gasteiger partial charge in [-0.3, -0.25) is 9.59 Å². The van der Waals surface area contributed by atoms with Gasteiger partial charge in [-0.15, -0.1) is 0 Å². The number of amides is 2. The molecule has 7 nitrogen and oxygen atoms in total. The van der Waals surface area contributed by atoms with Crippen LogP contribution >= 0.6 is 11.6 Å². The number of nitrogens with one attached hydrogen (secondary N) is 1. The van der Waals surface area contributed by atoms with E-state index in [1.165, 1.54) is 40.7 Å². The number of carbonyl (C=O) groups excluding carboxylic acids is 2. The van der Waals surface area contributed by atoms with Crippen LogP contribution in [0.15, 0.2) is 71.6 Å². The van der Waals surface area contributed by atoms with E-state index in [1.807, 2.05) is 6.92 Å². The maximum absolute atomic E-state index is 13.8. The Labute approximate surface area is 239 Å². The normalized spacial score (nSPS) is 19.6. The lowest BCUT2D eigenvalue weighted by molar-refractivity contribution is -0.124. The average molecular weight is 584 g/mol. The molecule has 10 heteroatoms. The number of benzene rings is 3. The first-order valence-corrected chi connectivity index (χ1v) is 15.2. The summed E-state index contributed by atoms with van der Waals surface area (Å²) in [4.78, 5) is 28.2. The van der Waals surface area contributed by atoms with E-state index in [0.717, 1.165) is 18.4 Å². The maximum Gasteiger partial charge on any atom is 0.258 e. The molecule has 0 spiro atoms. The van der Waals surface area contributed by atoms with E-state index in [2.05, 4.69) is 5.32 Å². The largest absolute Gasteiger partial charge is 0.355 e. The molecule has 2 aliphatic heterocycles. The zero-order chi connectivity index (χ0) is 28.4. The monoisotopic (exact) mass is 583 g/mol. The maximum atomic E-state index is 13.8. The van der Waals surface area contributed by atoms with Gasteiger partial charge in [0.25, 0.3) is 5.91 Å². The molecule has 2 aliphatic rings. The summed E-state index contributed by atoms with van der Waals surface area (Å²) < 4.78 is 42.6. The number of fused-ring (bicyclic) bond motifs is 1. The minimum atomic E-state index is -4.04. The minimum absolute atomic E-state index is 0.0419. The third-order valence-electron chi connectivity index (χ3n) is 7.61. The third kappa shape index (κ3) is 5.77. The first-order valence-electron chi connectivity index (χ1n) is 13.4. The van der Waals surface area contributed by atoms with Crippen molar-refractivity contribution in [2.24, 2.45) is 0 Å². The number of nitrogens with zero attached hydrogens (tertiary/aromatic N) is 2. The van der Waals surface area contributed by atoms with Gasteiger partial charge in [0.1, 0.15) is 11.9 Å². The van der Waals surface area contributed by atoms with E-state index < -0.39 is 16.1 Å². The van der Waals surface area contributed by atoms with Gasteiger partial charge >= 0.3 is 0 Å². The highest BCUT2D eigenvalue weighted by molar-refractivity contribution is 7.89. The van der Waals surface area contributed by atoms with Crippen LogP contribution in [-0.2, 0) is 27.8 Å². The molecule has 2 amide bonds. The summed E-state index contributed by atoms with van der Waals surface area (Å²) in [6.45, 7) is 2.43. The summed E-state index contributed by atoms with van der Waals surface area (Å²) in [6, 6.07) is 16.2. The fourth-order valence-corrected chi connectivity index (χ4v) is 7.14. The second-order valence-electron chi connectivity index (χ2n) is 10.3. The van der Waals surface area contributed by atoms with E-state index >= 15 is 0 Å². The Morgan fingerprint density at radius 1 is 1.05 bits per heavy atom. The van der Waals surface area contributed by atoms with Crippen LogP contribution in [-0.4, -0.2) is 43.2 Å². The van der Waals surface area contributed by atoms with Gasteiger partial charge in [0, 0.05) is 35.4 Å². The molecule has 40 heavy (non-hydrogen) atoms. The molecule has 0 radical (unpaired) electrons. The van der Waals surface area contributed by atoms with E-state index in [9.17, 15) is 22.4 Å². The van der Waals surface area contributed by atoms with E-state index in [0.29, 0.717) is 47.6 Å². The number of hydrogen-bond acceptors (Lipinski definition) is 4. The van der Waals surface area contributed by atoms with Gasteiger partial charge < -0.3 is 10.2 Å². The summed E-state index contributed by atoms with van der Waals surface area (Å²) in [5.74, 6) is -0.859. The van der Waals surface area contributed by atoms with Crippen LogP contribution in [0.2, 0.25) is 5.02 Å². The smallest absolute Gasteiger partial charge is 0.258 e. The zero-order valence-corrected chi connectivity index (χ0v) is 23.7. The van der Waals surface area contributed by atoms with Crippen molar-refractivity contribution in [2.75, 3.05) is 11.4 Å². The van der Waals surface area contributed by atoms with Crippen molar-refractivity contribution < 1.29 is 22.4 Å². The minimum Gasteiger partial charge on any atom is -0.355 e. The molecule has 0 bridgehead atoms. The fraction of sp³-hybridized carbons (Fsp3) is 0.333. The third-order valence-corrected chi connectivity index (χ3v) is 9.73. The van der Waals surface area contributed by atoms with Crippen LogP contribution in [0.1, 0.15) is 54.1 Å². The Kier molecular flexibility index (Phi) is 8.26. The predicted molar refractivity (Wildman–Crippen MR) is 152 cm³/mol. The van der Waals surface area contributed by atoms with Gasteiger partial charge in [-0.1, -0.05) is 23.7 Å². The first-order chi connectivity index (χ1) is 19.1. The van der Waals surface area contributed by atoms with E-state index in [1.54, 1.807) is 35.2 Å². The van der Waals surface area contributed by atoms with Gasteiger partial charge in [-0.25, -0.2) is 12.8 Å². The molecule has 0 aliphatic carbocycles. The summed E-state index contributed by atoms with van der Waals surface area (Å²) in [5.41, 5.74) is 2.58. The molecular weight excluding hydrogens is 553 g/mol. The fourth-order valence-electron chi connectivity index (χ4n) is 5.40. The molecule has 3 aromatic rings. The van der Waals surface area contributed by atoms with Crippen LogP contribution in [0.4, 0.5) is 10.1 Å². The summed E-state index contributed by atoms with van der Waals surface area (Å²) >= 11 is 5.98. The summed E-state index contributed by atoms with van der Waals surface area (Å²) in [5, 5.41) is 3.24. The Hall–Kier alpha value is -3.27. The Morgan fingerprint density at radius 3 is 2.50 bits per heavy atom. The highest BCUT2D eigenvalue weighted by Gasteiger charge is 2.37. The second-order valence-corrected chi connectivity index (χ2v) is 12.7. The second kappa shape index (κ2) is 11.7. The van der Waals surface area contributed by atoms with Gasteiger partial charge in [0.2, 0.25) is 15.9 Å². The quantitative estimate of drug-likeness (QED) is 0.425. The first kappa shape index (κ1) is 28.3. The van der Waals surface area contributed by atoms with Crippen molar-refractivity contribution in [3.63, 3.8) is 0 Å². The number of halogens is 2. The lowest BCUT2D eigenvalue weighted by atomic mass is 9.95. The van der Waals surface area contributed by atoms with Crippen molar-refractivity contribution >= 4 is 39.1 Å². The molecule has 1 N–H and O–H groups in total. The van der Waals surface area contributed by atoms with Crippen LogP contribution < -0.4 is 10.2 Å². The number of hydrogen-bond donors (Lipinski definition) is 1. The molecule has 3 aromatic carbocycles. The summed E-state index contributed by atoms with van der Waals surface area (Å²) in [7, 11) is -4.04. The number of anilines is 1. The van der Waals surface area contributed by atoms with Gasteiger partial charge in [-0.05, 0) is 105 Å². The van der Waals surface area contributed by atoms with E-state index in [-0.39, 0.29) is 35.1 Å². The van der Waals surface area contributed by atoms with Crippen molar-refractivity contribution in [2.45, 2.75) is 62.6 Å². The topological polar surface area (TPSA) is 86.8 Å². The highest BCUT2D eigenvalue weighted by Crippen LogP contribution is 2.33. The van der Waals surface area contributed by atoms with Gasteiger partial charge in [-0.2, -0.15) is 4.31 Å². The number of sulfonamides is 1. The predicted octanol–water partition coefficient (Wildman–Crippen LogP) is 5.32. The standard InChI is InChI=1S/C30H31ClFN3O4S/c1-20-5-8-23-18-25(32)13-16-27(23)35(20)30(37)22-9-6-21(7-10-22)19-34(28-4-2-3-17-33-29(28)36)40(38,39)26-14-11-24(31)12-15-26/h6-7,9-16,18,20,28H,2-5,8,17,19H2,1H3,(H,33,36)/t20?,28-/m1/s1. The Morgan fingerprint density at radius 2 is 1.77 bits per heavy atom. The molecule has 1 fully saturated rings. The number of carbonyl (C=O) groups is 2. The summed E-state index contributed by atoms with van der Waals surface area (Å²) in [6.07, 6.45) is 3.31.